The van der Waals surface area contributed by atoms with Crippen molar-refractivity contribution in [2.45, 2.75) is 24.8 Å². The lowest BCUT2D eigenvalue weighted by molar-refractivity contribution is -0.111. The molecule has 0 N–H and O–H groups in total. The summed E-state index contributed by atoms with van der Waals surface area (Å²) in [7, 11) is 0. The van der Waals surface area contributed by atoms with Crippen LogP contribution in [0.25, 0.3) is 10.9 Å². The lowest BCUT2D eigenvalue weighted by atomic mass is 10.2. The average molecular weight is 359 g/mol. The van der Waals surface area contributed by atoms with Crippen LogP contribution in [0.15, 0.2) is 41.4 Å². The van der Waals surface area contributed by atoms with Gasteiger partial charge in [-0.1, -0.05) is 31.2 Å². The number of para-hydroxylation sites is 1. The van der Waals surface area contributed by atoms with E-state index in [1.807, 2.05) is 43.3 Å². The molecule has 0 spiro atoms. The Morgan fingerprint density at radius 2 is 2.00 bits per heavy atom. The van der Waals surface area contributed by atoms with Crippen molar-refractivity contribution >= 4 is 51.8 Å². The topological polar surface area (TPSA) is 30.0 Å². The van der Waals surface area contributed by atoms with E-state index in [0.717, 1.165) is 22.3 Å². The number of hydrogen-bond acceptors (Lipinski definition) is 3. The highest BCUT2D eigenvalue weighted by atomic mass is 127. The Labute approximate surface area is 122 Å². The fourth-order valence-corrected chi connectivity index (χ4v) is 2.30. The molecular formula is C13H14INOS. The molecule has 0 amide bonds. The van der Waals surface area contributed by atoms with E-state index in [-0.39, 0.29) is 29.1 Å². The van der Waals surface area contributed by atoms with Gasteiger partial charge in [-0.25, -0.2) is 4.98 Å². The fourth-order valence-electron chi connectivity index (χ4n) is 1.48. The monoisotopic (exact) mass is 359 g/mol. The summed E-state index contributed by atoms with van der Waals surface area (Å²) in [5.41, 5.74) is 0.941. The molecule has 0 aliphatic heterocycles. The van der Waals surface area contributed by atoms with Crippen LogP contribution in [0.5, 0.6) is 0 Å². The van der Waals surface area contributed by atoms with Gasteiger partial charge < -0.3 is 0 Å². The van der Waals surface area contributed by atoms with Crippen LogP contribution < -0.4 is 0 Å². The Morgan fingerprint density at radius 1 is 1.24 bits per heavy atom. The fraction of sp³-hybridized carbons (Fsp3) is 0.231. The van der Waals surface area contributed by atoms with Crippen molar-refractivity contribution in [2.75, 3.05) is 0 Å². The number of hydrogen-bond donors (Lipinski definition) is 0. The molecule has 0 saturated carbocycles. The molecule has 1 aromatic carbocycles. The Morgan fingerprint density at radius 3 is 2.76 bits per heavy atom. The van der Waals surface area contributed by atoms with Crippen LogP contribution in [0.1, 0.15) is 19.8 Å². The van der Waals surface area contributed by atoms with E-state index < -0.39 is 0 Å². The first-order valence-electron chi connectivity index (χ1n) is 5.36. The Bertz CT molecular complexity index is 516. The van der Waals surface area contributed by atoms with Gasteiger partial charge in [-0.2, -0.15) is 0 Å². The van der Waals surface area contributed by atoms with Crippen molar-refractivity contribution in [1.29, 1.82) is 0 Å². The van der Waals surface area contributed by atoms with Gasteiger partial charge >= 0.3 is 0 Å². The van der Waals surface area contributed by atoms with Gasteiger partial charge in [0.1, 0.15) is 5.03 Å². The molecule has 1 heterocycles. The van der Waals surface area contributed by atoms with Gasteiger partial charge in [-0.15, -0.1) is 24.0 Å². The number of nitrogens with zero attached hydrogens (tertiary/aromatic N) is 1. The quantitative estimate of drug-likeness (QED) is 0.606. The van der Waals surface area contributed by atoms with E-state index in [0.29, 0.717) is 6.42 Å². The number of benzene rings is 1. The Kier molecular flexibility index (Phi) is 5.91. The van der Waals surface area contributed by atoms with Gasteiger partial charge in [-0.3, -0.25) is 4.79 Å². The van der Waals surface area contributed by atoms with Gasteiger partial charge in [0.2, 0.25) is 0 Å². The number of pyridine rings is 1. The minimum absolute atomic E-state index is 0. The maximum absolute atomic E-state index is 11.5. The van der Waals surface area contributed by atoms with Crippen molar-refractivity contribution < 1.29 is 4.79 Å². The van der Waals surface area contributed by atoms with Crippen LogP contribution in [0.2, 0.25) is 0 Å². The highest BCUT2D eigenvalue weighted by Gasteiger charge is 2.05. The predicted octanol–water partition coefficient (Wildman–Crippen LogP) is 4.27. The summed E-state index contributed by atoms with van der Waals surface area (Å²) in [5.74, 6) is 0. The Hall–Kier alpha value is -0.620. The summed E-state index contributed by atoms with van der Waals surface area (Å²) in [4.78, 5) is 15.9. The van der Waals surface area contributed by atoms with Gasteiger partial charge in [0.15, 0.2) is 5.12 Å². The normalized spacial score (nSPS) is 9.94. The zero-order valence-corrected chi connectivity index (χ0v) is 12.7. The molecule has 2 nitrogen and oxygen atoms in total. The molecule has 0 fully saturated rings. The molecule has 4 heteroatoms. The molecule has 2 rings (SSSR count). The minimum Gasteiger partial charge on any atom is -0.287 e. The maximum atomic E-state index is 11.5. The molecule has 0 unspecified atom stereocenters. The molecule has 0 aliphatic rings. The van der Waals surface area contributed by atoms with E-state index in [1.165, 1.54) is 11.8 Å². The van der Waals surface area contributed by atoms with Crippen molar-refractivity contribution in [2.24, 2.45) is 0 Å². The minimum atomic E-state index is 0. The molecular weight excluding hydrogens is 345 g/mol. The van der Waals surface area contributed by atoms with Crippen LogP contribution in [0, 0.1) is 0 Å². The SMILES string of the molecule is CCCC(=O)Sc1ccc2ccccc2n1.I. The van der Waals surface area contributed by atoms with Gasteiger partial charge in [0.05, 0.1) is 5.52 Å². The lowest BCUT2D eigenvalue weighted by Gasteiger charge is -2.01. The highest BCUT2D eigenvalue weighted by Crippen LogP contribution is 2.21. The summed E-state index contributed by atoms with van der Waals surface area (Å²) in [6.45, 7) is 2.01. The van der Waals surface area contributed by atoms with Crippen LogP contribution in [-0.4, -0.2) is 10.1 Å². The molecule has 0 atom stereocenters. The van der Waals surface area contributed by atoms with Crippen molar-refractivity contribution in [3.63, 3.8) is 0 Å². The highest BCUT2D eigenvalue weighted by molar-refractivity contribution is 14.0. The van der Waals surface area contributed by atoms with Crippen LogP contribution >= 0.6 is 35.7 Å². The first-order chi connectivity index (χ1) is 7.79. The number of fused-ring (bicyclic) bond motifs is 1. The number of carbonyl (C=O) groups is 1. The first kappa shape index (κ1) is 14.4. The van der Waals surface area contributed by atoms with E-state index in [1.54, 1.807) is 0 Å². The second kappa shape index (κ2) is 6.96. The third-order valence-electron chi connectivity index (χ3n) is 2.25. The summed E-state index contributed by atoms with van der Waals surface area (Å²) in [6, 6.07) is 11.8. The molecule has 90 valence electrons. The third-order valence-corrected chi connectivity index (χ3v) is 3.11. The molecule has 0 saturated heterocycles. The second-order valence-electron chi connectivity index (χ2n) is 3.57. The molecule has 0 bridgehead atoms. The van der Waals surface area contributed by atoms with Crippen molar-refractivity contribution in [1.82, 2.24) is 4.98 Å². The summed E-state index contributed by atoms with van der Waals surface area (Å²) in [5, 5.41) is 2.08. The molecule has 0 aliphatic carbocycles. The Balaban J connectivity index is 0.00000144. The zero-order chi connectivity index (χ0) is 11.4. The van der Waals surface area contributed by atoms with E-state index in [9.17, 15) is 4.79 Å². The molecule has 0 radical (unpaired) electrons. The smallest absolute Gasteiger partial charge is 0.195 e. The van der Waals surface area contributed by atoms with Crippen molar-refractivity contribution in [3.8, 4) is 0 Å². The summed E-state index contributed by atoms with van der Waals surface area (Å²) < 4.78 is 0. The molecule has 1 aromatic heterocycles. The number of thioether (sulfide) groups is 1. The summed E-state index contributed by atoms with van der Waals surface area (Å²) >= 11 is 1.23. The van der Waals surface area contributed by atoms with Crippen LogP contribution in [-0.2, 0) is 4.79 Å². The van der Waals surface area contributed by atoms with E-state index in [4.69, 9.17) is 0 Å². The largest absolute Gasteiger partial charge is 0.287 e. The van der Waals surface area contributed by atoms with E-state index >= 15 is 0 Å². The standard InChI is InChI=1S/C13H13NOS.HI/c1-2-5-13(15)16-12-9-8-10-6-3-4-7-11(10)14-12;/h3-4,6-9H,2,5H2,1H3;1H. The number of halogens is 1. The summed E-state index contributed by atoms with van der Waals surface area (Å²) in [6.07, 6.45) is 1.50. The van der Waals surface area contributed by atoms with Crippen LogP contribution in [0.4, 0.5) is 0 Å². The maximum Gasteiger partial charge on any atom is 0.195 e. The predicted molar refractivity (Wildman–Crippen MR) is 82.9 cm³/mol. The lowest BCUT2D eigenvalue weighted by Crippen LogP contribution is -1.91. The van der Waals surface area contributed by atoms with E-state index in [2.05, 4.69) is 4.98 Å². The zero-order valence-electron chi connectivity index (χ0n) is 9.55. The van der Waals surface area contributed by atoms with Gasteiger partial charge in [-0.05, 0) is 30.3 Å². The van der Waals surface area contributed by atoms with Gasteiger partial charge in [0.25, 0.3) is 0 Å². The number of aromatic nitrogens is 1. The number of carbonyl (C=O) groups excluding carboxylic acids is 1. The second-order valence-corrected chi connectivity index (χ2v) is 4.64. The van der Waals surface area contributed by atoms with Crippen molar-refractivity contribution in [3.05, 3.63) is 36.4 Å². The molecule has 17 heavy (non-hydrogen) atoms. The third kappa shape index (κ3) is 3.96. The average Bonchev–Trinajstić information content (AvgIpc) is 2.29. The van der Waals surface area contributed by atoms with Gasteiger partial charge in [0, 0.05) is 11.8 Å². The number of rotatable bonds is 3. The molecule has 2 aromatic rings. The van der Waals surface area contributed by atoms with Crippen LogP contribution in [0.3, 0.4) is 0 Å². The first-order valence-corrected chi connectivity index (χ1v) is 6.17.